The lowest BCUT2D eigenvalue weighted by atomic mass is 9.95. The maximum atomic E-state index is 11.4. The highest BCUT2D eigenvalue weighted by Gasteiger charge is 2.51. The van der Waals surface area contributed by atoms with E-state index in [0.717, 1.165) is 6.92 Å². The zero-order chi connectivity index (χ0) is 22.8. The molecule has 0 radical (unpaired) electrons. The Morgan fingerprint density at radius 2 is 1.67 bits per heavy atom. The van der Waals surface area contributed by atoms with Crippen molar-refractivity contribution < 1.29 is 66.8 Å². The molecule has 16 heteroatoms. The highest BCUT2D eigenvalue weighted by molar-refractivity contribution is 7.80. The molecular weight excluding hydrogens is 438 g/mol. The van der Waals surface area contributed by atoms with Crippen molar-refractivity contribution in [3.8, 4) is 0 Å². The first-order chi connectivity index (χ1) is 13.9. The second-order valence-corrected chi connectivity index (χ2v) is 7.82. The molecule has 0 aliphatic carbocycles. The average Bonchev–Trinajstić information content (AvgIpc) is 2.65. The minimum absolute atomic E-state index is 0.654. The molecule has 0 aromatic carbocycles. The normalized spacial score (nSPS) is 42.7. The average molecular weight is 462 g/mol. The van der Waals surface area contributed by atoms with E-state index in [-0.39, 0.29) is 0 Å². The maximum absolute atomic E-state index is 11.4. The van der Waals surface area contributed by atoms with Crippen LogP contribution in [0.15, 0.2) is 0 Å². The van der Waals surface area contributed by atoms with Crippen LogP contribution in [-0.4, -0.2) is 124 Å². The molecule has 2 rings (SSSR count). The second kappa shape index (κ2) is 10.1. The van der Waals surface area contributed by atoms with Gasteiger partial charge in [-0.25, -0.2) is 8.42 Å². The Balaban J connectivity index is 2.22. The van der Waals surface area contributed by atoms with Crippen molar-refractivity contribution in [3.63, 3.8) is 0 Å². The molecule has 2 heterocycles. The fourth-order valence-corrected chi connectivity index (χ4v) is 3.41. The van der Waals surface area contributed by atoms with Crippen LogP contribution < -0.4 is 5.32 Å². The molecule has 0 aromatic heterocycles. The molecule has 2 aliphatic rings. The van der Waals surface area contributed by atoms with Gasteiger partial charge in [-0.3, -0.25) is 8.98 Å². The topological polar surface area (TPSA) is 245 Å². The first kappa shape index (κ1) is 25.2. The molecule has 0 bridgehead atoms. The van der Waals surface area contributed by atoms with Gasteiger partial charge in [0.05, 0.1) is 13.2 Å². The number of carbonyl (C=O) groups excluding carboxylic acids is 1. The van der Waals surface area contributed by atoms with Crippen LogP contribution in [0.3, 0.4) is 0 Å². The highest BCUT2D eigenvalue weighted by Crippen LogP contribution is 2.29. The smallest absolute Gasteiger partial charge is 0.217 e. The van der Waals surface area contributed by atoms with E-state index in [1.54, 1.807) is 0 Å². The molecule has 0 spiro atoms. The monoisotopic (exact) mass is 462 g/mol. The number of ether oxygens (including phenoxy) is 3. The van der Waals surface area contributed by atoms with E-state index >= 15 is 0 Å². The molecule has 2 aliphatic heterocycles. The molecule has 2 saturated heterocycles. The van der Waals surface area contributed by atoms with E-state index in [1.807, 2.05) is 0 Å². The van der Waals surface area contributed by atoms with Crippen molar-refractivity contribution in [1.29, 1.82) is 0 Å². The van der Waals surface area contributed by atoms with Crippen LogP contribution in [0.1, 0.15) is 6.92 Å². The number of hydrogen-bond donors (Lipinski definition) is 7. The summed E-state index contributed by atoms with van der Waals surface area (Å²) in [5.74, 6) is -0.654. The molecule has 0 unspecified atom stereocenters. The largest absolute Gasteiger partial charge is 0.726 e. The van der Waals surface area contributed by atoms with Gasteiger partial charge in [0.1, 0.15) is 48.8 Å². The standard InChI is InChI=1S/C14H25NO14S/c1-4(17)15-7-12(9(19)5(2-16)27-13(7)22)29-14-11(21)10(20)8(18)6(28-14)3-26-30(23,24)25/h5-14,16,18-22H,2-3H2,1H3,(H,15,17)(H,23,24,25)/p-1/t5-,6-,7-,8-,9+,10+,11-,12-,13-,14+/m1/s1. The summed E-state index contributed by atoms with van der Waals surface area (Å²) in [4.78, 5) is 11.4. The molecule has 1 amide bonds. The first-order valence-electron chi connectivity index (χ1n) is 8.70. The summed E-state index contributed by atoms with van der Waals surface area (Å²) in [6.45, 7) is -0.681. The molecule has 2 fully saturated rings. The zero-order valence-corrected chi connectivity index (χ0v) is 16.4. The molecule has 7 N–H and O–H groups in total. The predicted octanol–water partition coefficient (Wildman–Crippen LogP) is -5.77. The molecule has 10 atom stereocenters. The lowest BCUT2D eigenvalue weighted by Gasteiger charge is -2.46. The summed E-state index contributed by atoms with van der Waals surface area (Å²) in [6, 6.07) is -1.41. The van der Waals surface area contributed by atoms with E-state index in [4.69, 9.17) is 14.2 Å². The van der Waals surface area contributed by atoms with Crippen LogP contribution in [0.2, 0.25) is 0 Å². The maximum Gasteiger partial charge on any atom is 0.217 e. The summed E-state index contributed by atoms with van der Waals surface area (Å²) in [7, 11) is -5.16. The summed E-state index contributed by atoms with van der Waals surface area (Å²) in [6.07, 6.45) is -15.5. The molecule has 30 heavy (non-hydrogen) atoms. The zero-order valence-electron chi connectivity index (χ0n) is 15.5. The molecule has 0 aromatic rings. The Labute approximate surface area is 170 Å². The third kappa shape index (κ3) is 6.02. The lowest BCUT2D eigenvalue weighted by molar-refractivity contribution is -0.341. The third-order valence-corrected chi connectivity index (χ3v) is 5.00. The van der Waals surface area contributed by atoms with Gasteiger partial charge in [-0.1, -0.05) is 0 Å². The lowest BCUT2D eigenvalue weighted by Crippen LogP contribution is -2.67. The Morgan fingerprint density at radius 3 is 2.20 bits per heavy atom. The Kier molecular flexibility index (Phi) is 8.47. The van der Waals surface area contributed by atoms with E-state index in [0.29, 0.717) is 0 Å². The van der Waals surface area contributed by atoms with Crippen molar-refractivity contribution in [3.05, 3.63) is 0 Å². The predicted molar refractivity (Wildman–Crippen MR) is 88.8 cm³/mol. The van der Waals surface area contributed by atoms with Crippen molar-refractivity contribution >= 4 is 16.3 Å². The summed E-state index contributed by atoms with van der Waals surface area (Å²) >= 11 is 0. The van der Waals surface area contributed by atoms with Crippen molar-refractivity contribution in [2.45, 2.75) is 68.3 Å². The number of hydrogen-bond acceptors (Lipinski definition) is 14. The van der Waals surface area contributed by atoms with Crippen LogP contribution in [0.5, 0.6) is 0 Å². The number of carbonyl (C=O) groups is 1. The number of rotatable bonds is 7. The quantitative estimate of drug-likeness (QED) is 0.138. The van der Waals surface area contributed by atoms with Gasteiger partial charge < -0.3 is 54.7 Å². The van der Waals surface area contributed by atoms with Gasteiger partial charge in [0.25, 0.3) is 0 Å². The van der Waals surface area contributed by atoms with Crippen molar-refractivity contribution in [2.75, 3.05) is 13.2 Å². The molecule has 176 valence electrons. The van der Waals surface area contributed by atoms with E-state index in [1.165, 1.54) is 0 Å². The first-order valence-corrected chi connectivity index (χ1v) is 10.0. The summed E-state index contributed by atoms with van der Waals surface area (Å²) in [5, 5.41) is 62.0. The van der Waals surface area contributed by atoms with Gasteiger partial charge in [-0.05, 0) is 0 Å². The highest BCUT2D eigenvalue weighted by atomic mass is 32.3. The van der Waals surface area contributed by atoms with Crippen LogP contribution in [0.4, 0.5) is 0 Å². The van der Waals surface area contributed by atoms with Gasteiger partial charge >= 0.3 is 0 Å². The van der Waals surface area contributed by atoms with E-state index < -0.39 is 90.9 Å². The van der Waals surface area contributed by atoms with E-state index in [2.05, 4.69) is 9.50 Å². The molecule has 15 nitrogen and oxygen atoms in total. The van der Waals surface area contributed by atoms with Crippen molar-refractivity contribution in [1.82, 2.24) is 5.32 Å². The number of aliphatic hydroxyl groups excluding tert-OH is 6. The molecule has 0 saturated carbocycles. The van der Waals surface area contributed by atoms with Gasteiger partial charge in [-0.15, -0.1) is 0 Å². The van der Waals surface area contributed by atoms with Gasteiger partial charge in [0.15, 0.2) is 12.6 Å². The minimum Gasteiger partial charge on any atom is -0.726 e. The SMILES string of the molecule is CC(=O)N[C@@H]1[C@@H](O[C@@H]2O[C@H](COS(=O)(=O)[O-])[C@@H](O)[C@H](O)[C@H]2O)[C@@H](O)[C@@H](CO)O[C@H]1O. The van der Waals surface area contributed by atoms with Crippen LogP contribution in [-0.2, 0) is 33.6 Å². The van der Waals surface area contributed by atoms with Gasteiger partial charge in [0.2, 0.25) is 16.3 Å². The van der Waals surface area contributed by atoms with Gasteiger partial charge in [0, 0.05) is 6.92 Å². The summed E-state index contributed by atoms with van der Waals surface area (Å²) in [5.41, 5.74) is 0. The Morgan fingerprint density at radius 1 is 1.03 bits per heavy atom. The number of amides is 1. The van der Waals surface area contributed by atoms with Crippen LogP contribution in [0.25, 0.3) is 0 Å². The Hall–Kier alpha value is -1.02. The number of nitrogens with one attached hydrogen (secondary N) is 1. The third-order valence-electron chi connectivity index (χ3n) is 4.58. The second-order valence-electron chi connectivity index (χ2n) is 6.77. The fourth-order valence-electron chi connectivity index (χ4n) is 3.11. The minimum atomic E-state index is -5.16. The van der Waals surface area contributed by atoms with Gasteiger partial charge in [-0.2, -0.15) is 0 Å². The Bertz CT molecular complexity index is 690. The summed E-state index contributed by atoms with van der Waals surface area (Å²) < 4.78 is 51.4. The van der Waals surface area contributed by atoms with Crippen LogP contribution >= 0.6 is 0 Å². The number of aliphatic hydroxyl groups is 6. The van der Waals surface area contributed by atoms with E-state index in [9.17, 15) is 48.4 Å². The van der Waals surface area contributed by atoms with Crippen molar-refractivity contribution in [2.24, 2.45) is 0 Å². The molecular formula is C14H24NO14S-. The fraction of sp³-hybridized carbons (Fsp3) is 0.929. The van der Waals surface area contributed by atoms with Crippen LogP contribution in [0, 0.1) is 0 Å².